The van der Waals surface area contributed by atoms with Gasteiger partial charge >= 0.3 is 0 Å². The third-order valence-electron chi connectivity index (χ3n) is 3.86. The Kier molecular flexibility index (Phi) is 26.7. The average Bonchev–Trinajstić information content (AvgIpc) is 2.72. The summed E-state index contributed by atoms with van der Waals surface area (Å²) >= 11 is 0. The van der Waals surface area contributed by atoms with Crippen LogP contribution in [-0.4, -0.2) is 71.3 Å². The van der Waals surface area contributed by atoms with E-state index in [9.17, 15) is 9.59 Å². The van der Waals surface area contributed by atoms with E-state index in [-0.39, 0.29) is 19.8 Å². The van der Waals surface area contributed by atoms with E-state index in [0.717, 1.165) is 37.8 Å². The summed E-state index contributed by atoms with van der Waals surface area (Å²) in [6.07, 6.45) is 8.22. The number of rotatable bonds is 12. The van der Waals surface area contributed by atoms with E-state index in [1.165, 1.54) is 12.2 Å². The number of unbranched alkanes of at least 4 members (excludes halogenated alkanes) is 3. The molecule has 0 aromatic rings. The van der Waals surface area contributed by atoms with Crippen molar-refractivity contribution < 1.29 is 30.1 Å². The average molecular weight is 389 g/mol. The lowest BCUT2D eigenvalue weighted by Crippen LogP contribution is -2.32. The van der Waals surface area contributed by atoms with Gasteiger partial charge in [-0.1, -0.05) is 31.8 Å². The van der Waals surface area contributed by atoms with Crippen LogP contribution in [0.5, 0.6) is 0 Å². The first-order chi connectivity index (χ1) is 13.0. The van der Waals surface area contributed by atoms with Crippen molar-refractivity contribution in [2.24, 2.45) is 20.6 Å². The molecular formula is C18H35N3O6. The predicted molar refractivity (Wildman–Crippen MR) is 104 cm³/mol. The van der Waals surface area contributed by atoms with Gasteiger partial charge in [-0.3, -0.25) is 0 Å². The zero-order chi connectivity index (χ0) is 21.4. The molecule has 0 rings (SSSR count). The summed E-state index contributed by atoms with van der Waals surface area (Å²) in [6, 6.07) is 0. The van der Waals surface area contributed by atoms with Crippen molar-refractivity contribution in [3.63, 3.8) is 0 Å². The van der Waals surface area contributed by atoms with Crippen LogP contribution in [0, 0.1) is 5.41 Å². The van der Waals surface area contributed by atoms with Crippen LogP contribution < -0.4 is 0 Å². The number of aliphatic imine (C=N–C) groups is 2. The number of hydrogen-bond donors (Lipinski definition) is 4. The highest BCUT2D eigenvalue weighted by atomic mass is 16.4. The predicted octanol–water partition coefficient (Wildman–Crippen LogP) is 1.82. The third-order valence-corrected chi connectivity index (χ3v) is 3.86. The molecule has 0 saturated heterocycles. The Hall–Kier alpha value is -1.89. The third kappa shape index (κ3) is 22.1. The zero-order valence-electron chi connectivity index (χ0n) is 16.7. The molecule has 0 saturated carbocycles. The second kappa shape index (κ2) is 24.1. The number of oxime groups is 1. The molecule has 0 amide bonds. The molecule has 0 radical (unpaired) electrons. The van der Waals surface area contributed by atoms with Crippen molar-refractivity contribution in [1.29, 1.82) is 0 Å². The molecule has 4 N–H and O–H groups in total. The van der Waals surface area contributed by atoms with Gasteiger partial charge < -0.3 is 20.5 Å². The highest BCUT2D eigenvalue weighted by Crippen LogP contribution is 2.18. The molecule has 0 bridgehead atoms. The van der Waals surface area contributed by atoms with E-state index >= 15 is 0 Å². The lowest BCUT2D eigenvalue weighted by Gasteiger charge is -2.24. The molecule has 0 spiro atoms. The van der Waals surface area contributed by atoms with E-state index in [1.54, 1.807) is 6.92 Å². The van der Waals surface area contributed by atoms with Crippen molar-refractivity contribution in [1.82, 2.24) is 0 Å². The Bertz CT molecular complexity index is 401. The summed E-state index contributed by atoms with van der Waals surface area (Å²) in [4.78, 5) is 26.1. The first kappa shape index (κ1) is 29.9. The van der Waals surface area contributed by atoms with Crippen LogP contribution in [0.25, 0.3) is 0 Å². The summed E-state index contributed by atoms with van der Waals surface area (Å²) in [7, 11) is 0. The van der Waals surface area contributed by atoms with Gasteiger partial charge in [-0.05, 0) is 32.6 Å². The van der Waals surface area contributed by atoms with Crippen LogP contribution >= 0.6 is 0 Å². The molecule has 0 aliphatic rings. The van der Waals surface area contributed by atoms with Crippen LogP contribution in [0.2, 0.25) is 0 Å². The summed E-state index contributed by atoms with van der Waals surface area (Å²) < 4.78 is 0. The van der Waals surface area contributed by atoms with Gasteiger partial charge in [0.2, 0.25) is 12.2 Å². The Morgan fingerprint density at radius 2 is 1.26 bits per heavy atom. The van der Waals surface area contributed by atoms with Gasteiger partial charge in [0.1, 0.15) is 0 Å². The molecule has 0 aromatic heterocycles. The molecule has 27 heavy (non-hydrogen) atoms. The van der Waals surface area contributed by atoms with Crippen molar-refractivity contribution in [3.05, 3.63) is 0 Å². The maximum Gasteiger partial charge on any atom is 0.234 e. The lowest BCUT2D eigenvalue weighted by molar-refractivity contribution is 0.00304. The first-order valence-electron chi connectivity index (χ1n) is 9.04. The molecular weight excluding hydrogens is 354 g/mol. The van der Waals surface area contributed by atoms with Crippen molar-refractivity contribution in [2.45, 2.75) is 59.3 Å². The number of aliphatic hydroxyl groups excluding tert-OH is 3. The molecule has 158 valence electrons. The van der Waals surface area contributed by atoms with E-state index < -0.39 is 5.41 Å². The van der Waals surface area contributed by atoms with Crippen molar-refractivity contribution in [3.8, 4) is 0 Å². The normalized spacial score (nSPS) is 10.4. The SMILES string of the molecule is CC/C(C)=N\O.CCC(CO)(CO)CO.O=C=NCCCCCCN=C=O. The second-order valence-corrected chi connectivity index (χ2v) is 5.88. The molecule has 0 unspecified atom stereocenters. The van der Waals surface area contributed by atoms with E-state index in [1.807, 2.05) is 13.8 Å². The van der Waals surface area contributed by atoms with Gasteiger partial charge in [-0.2, -0.15) is 0 Å². The second-order valence-electron chi connectivity index (χ2n) is 5.88. The fraction of sp³-hybridized carbons (Fsp3) is 0.833. The first-order valence-corrected chi connectivity index (χ1v) is 9.04. The fourth-order valence-corrected chi connectivity index (χ4v) is 1.38. The number of isocyanates is 2. The largest absolute Gasteiger partial charge is 0.411 e. The van der Waals surface area contributed by atoms with Crippen LogP contribution in [-0.2, 0) is 9.59 Å². The lowest BCUT2D eigenvalue weighted by atomic mass is 9.88. The molecule has 0 aromatic carbocycles. The Balaban J connectivity index is -0.000000340. The summed E-state index contributed by atoms with van der Waals surface area (Å²) in [5.41, 5.74) is 0.106. The smallest absolute Gasteiger partial charge is 0.234 e. The van der Waals surface area contributed by atoms with Gasteiger partial charge in [0, 0.05) is 5.41 Å². The molecule has 9 heteroatoms. The Morgan fingerprint density at radius 1 is 0.852 bits per heavy atom. The Morgan fingerprint density at radius 3 is 1.41 bits per heavy atom. The fourth-order valence-electron chi connectivity index (χ4n) is 1.38. The molecule has 0 atom stereocenters. The van der Waals surface area contributed by atoms with Crippen LogP contribution in [0.4, 0.5) is 0 Å². The molecule has 0 fully saturated rings. The minimum absolute atomic E-state index is 0.156. The number of hydrogen-bond acceptors (Lipinski definition) is 9. The summed E-state index contributed by atoms with van der Waals surface area (Å²) in [5.74, 6) is 0. The minimum atomic E-state index is -0.667. The van der Waals surface area contributed by atoms with E-state index in [0.29, 0.717) is 19.5 Å². The maximum absolute atomic E-state index is 9.63. The minimum Gasteiger partial charge on any atom is -0.411 e. The molecule has 0 aliphatic carbocycles. The number of nitrogens with zero attached hydrogens (tertiary/aromatic N) is 3. The van der Waals surface area contributed by atoms with Gasteiger partial charge in [-0.25, -0.2) is 19.6 Å². The van der Waals surface area contributed by atoms with E-state index in [2.05, 4.69) is 15.1 Å². The van der Waals surface area contributed by atoms with Crippen LogP contribution in [0.1, 0.15) is 59.3 Å². The van der Waals surface area contributed by atoms with Gasteiger partial charge in [0.05, 0.1) is 38.6 Å². The standard InChI is InChI=1S/C8H12N2O2.C6H14O3.C4H9NO/c11-7-9-5-3-1-2-4-6-10-8-12;1-2-6(3-7,4-8)5-9;1-3-4(2)5-6/h1-6H2;7-9H,2-5H2,1H3;6H,3H2,1-2H3/b;;5-4-. The number of carbonyl (C=O) groups excluding carboxylic acids is 2. The zero-order valence-corrected chi connectivity index (χ0v) is 16.7. The van der Waals surface area contributed by atoms with E-state index in [4.69, 9.17) is 20.5 Å². The van der Waals surface area contributed by atoms with Crippen LogP contribution in [0.15, 0.2) is 15.1 Å². The summed E-state index contributed by atoms with van der Waals surface area (Å²) in [6.45, 7) is 6.18. The highest BCUT2D eigenvalue weighted by Gasteiger charge is 2.24. The maximum atomic E-state index is 9.63. The number of aliphatic hydroxyl groups is 3. The topological polar surface area (TPSA) is 152 Å². The van der Waals surface area contributed by atoms with Crippen molar-refractivity contribution >= 4 is 17.9 Å². The molecule has 0 heterocycles. The van der Waals surface area contributed by atoms with Crippen molar-refractivity contribution in [2.75, 3.05) is 32.9 Å². The van der Waals surface area contributed by atoms with Gasteiger partial charge in [0.15, 0.2) is 0 Å². The molecule has 9 nitrogen and oxygen atoms in total. The Labute approximate surface area is 161 Å². The molecule has 0 aliphatic heterocycles. The monoisotopic (exact) mass is 389 g/mol. The quantitative estimate of drug-likeness (QED) is 0.131. The van der Waals surface area contributed by atoms with Crippen LogP contribution in [0.3, 0.4) is 0 Å². The van der Waals surface area contributed by atoms with Gasteiger partial charge in [-0.15, -0.1) is 0 Å². The summed E-state index contributed by atoms with van der Waals surface area (Å²) in [5, 5.41) is 36.8. The highest BCUT2D eigenvalue weighted by molar-refractivity contribution is 5.80. The van der Waals surface area contributed by atoms with Gasteiger partial charge in [0.25, 0.3) is 0 Å².